The summed E-state index contributed by atoms with van der Waals surface area (Å²) in [5.74, 6) is 0. The van der Waals surface area contributed by atoms with Crippen molar-refractivity contribution in [2.75, 3.05) is 0 Å². The zero-order chi connectivity index (χ0) is 18.4. The van der Waals surface area contributed by atoms with Crippen molar-refractivity contribution in [2.24, 2.45) is 0 Å². The molecule has 3 aliphatic rings. The van der Waals surface area contributed by atoms with E-state index in [0.717, 1.165) is 7.35 Å². The quantitative estimate of drug-likeness (QED) is 0.294. The Balaban J connectivity index is 0.00000120. The van der Waals surface area contributed by atoms with Gasteiger partial charge in [-0.1, -0.05) is 0 Å². The first-order valence-electron chi connectivity index (χ1n) is 10.9. The molecule has 0 saturated carbocycles. The van der Waals surface area contributed by atoms with E-state index in [-0.39, 0.29) is 24.8 Å². The molecule has 2 aromatic carbocycles. The van der Waals surface area contributed by atoms with Crippen LogP contribution in [0.3, 0.4) is 0 Å². The van der Waals surface area contributed by atoms with Gasteiger partial charge in [-0.25, -0.2) is 0 Å². The summed E-state index contributed by atoms with van der Waals surface area (Å²) >= 11 is -2.53. The molecule has 1 fully saturated rings. The van der Waals surface area contributed by atoms with Crippen LogP contribution in [-0.2, 0) is 20.0 Å². The van der Waals surface area contributed by atoms with Crippen LogP contribution in [0, 0.1) is 0 Å². The first-order valence-corrected chi connectivity index (χ1v) is 20.1. The molecule has 0 radical (unpaired) electrons. The second-order valence-corrected chi connectivity index (χ2v) is 25.4. The Labute approximate surface area is 193 Å². The number of fused-ring (bicyclic) bond motifs is 2. The third kappa shape index (κ3) is 3.77. The normalized spacial score (nSPS) is 22.6. The SMILES string of the molecule is CCCC1=Cc2ccccc2[CH]1[Hf]1([CH]2C(CCC)=Cc3ccccc32)[CH2][CH2]1.Cl.Cl. The van der Waals surface area contributed by atoms with Crippen molar-refractivity contribution in [3.8, 4) is 0 Å². The predicted molar refractivity (Wildman–Crippen MR) is 128 cm³/mol. The Bertz CT molecular complexity index is 866. The fraction of sp³-hybridized carbons (Fsp3) is 0.385. The summed E-state index contributed by atoms with van der Waals surface area (Å²) in [6.07, 6.45) is 10.3. The molecule has 0 spiro atoms. The Morgan fingerprint density at radius 2 is 1.10 bits per heavy atom. The van der Waals surface area contributed by atoms with Gasteiger partial charge in [-0.3, -0.25) is 0 Å². The maximum Gasteiger partial charge on any atom is -0.147 e. The summed E-state index contributed by atoms with van der Waals surface area (Å²) < 4.78 is 4.86. The van der Waals surface area contributed by atoms with Gasteiger partial charge < -0.3 is 0 Å². The first kappa shape index (κ1) is 23.0. The van der Waals surface area contributed by atoms with Crippen molar-refractivity contribution in [1.29, 1.82) is 0 Å². The molecule has 1 saturated heterocycles. The predicted octanol–water partition coefficient (Wildman–Crippen LogP) is 8.71. The molecule has 2 aromatic rings. The molecular formula is C26H32Cl2Hf. The molecule has 0 bridgehead atoms. The molecule has 154 valence electrons. The minimum Gasteiger partial charge on any atom is -0.147 e. The topological polar surface area (TPSA) is 0 Å². The first-order chi connectivity index (χ1) is 13.3. The second kappa shape index (κ2) is 9.25. The van der Waals surface area contributed by atoms with E-state index in [0.29, 0.717) is 0 Å². The van der Waals surface area contributed by atoms with E-state index in [1.807, 2.05) is 0 Å². The summed E-state index contributed by atoms with van der Waals surface area (Å²) in [5.41, 5.74) is 10.0. The number of hydrogen-bond acceptors (Lipinski definition) is 0. The van der Waals surface area contributed by atoms with Gasteiger partial charge in [0.1, 0.15) is 0 Å². The average Bonchev–Trinajstić information content (AvgIpc) is 3.23. The number of rotatable bonds is 6. The van der Waals surface area contributed by atoms with E-state index in [1.165, 1.54) is 36.8 Å². The largest absolute Gasteiger partial charge is 0.147 e. The molecule has 1 aliphatic heterocycles. The Hall–Kier alpha value is -0.630. The molecule has 2 unspecified atom stereocenters. The molecule has 0 nitrogen and oxygen atoms in total. The second-order valence-electron chi connectivity index (χ2n) is 8.80. The third-order valence-corrected chi connectivity index (χ3v) is 26.2. The van der Waals surface area contributed by atoms with Gasteiger partial charge in [-0.05, 0) is 0 Å². The van der Waals surface area contributed by atoms with Crippen molar-refractivity contribution in [2.45, 2.75) is 55.2 Å². The smallest absolute Gasteiger partial charge is 0.147 e. The summed E-state index contributed by atoms with van der Waals surface area (Å²) in [4.78, 5) is 0. The zero-order valence-electron chi connectivity index (χ0n) is 17.5. The number of benzene rings is 2. The molecule has 5 rings (SSSR count). The fourth-order valence-electron chi connectivity index (χ4n) is 6.03. The summed E-state index contributed by atoms with van der Waals surface area (Å²) in [6.45, 7) is 4.70. The molecule has 1 heterocycles. The molecular weight excluding hydrogens is 562 g/mol. The van der Waals surface area contributed by atoms with E-state index < -0.39 is 20.0 Å². The van der Waals surface area contributed by atoms with Crippen LogP contribution in [0.25, 0.3) is 12.2 Å². The van der Waals surface area contributed by atoms with Crippen molar-refractivity contribution in [3.63, 3.8) is 0 Å². The van der Waals surface area contributed by atoms with Crippen LogP contribution < -0.4 is 0 Å². The van der Waals surface area contributed by atoms with E-state index >= 15 is 0 Å². The average molecular weight is 594 g/mol. The standard InChI is InChI=1S/2C12H13.C2H4.2ClH.Hf/c2*1-2-5-10-8-11-6-3-4-7-12(11)9-10;1-2;;;/h2*3-4,6-9H,2,5H2,1H3;1-2H2;2*1H;. The van der Waals surface area contributed by atoms with Gasteiger partial charge in [0.05, 0.1) is 0 Å². The van der Waals surface area contributed by atoms with Crippen molar-refractivity contribution in [3.05, 3.63) is 81.9 Å². The zero-order valence-corrected chi connectivity index (χ0v) is 22.7. The van der Waals surface area contributed by atoms with Crippen LogP contribution >= 0.6 is 24.8 Å². The molecule has 29 heavy (non-hydrogen) atoms. The number of allylic oxidation sites excluding steroid dienone is 2. The van der Waals surface area contributed by atoms with Crippen molar-refractivity contribution < 1.29 is 20.0 Å². The molecule has 0 N–H and O–H groups in total. The fourth-order valence-corrected chi connectivity index (χ4v) is 34.2. The summed E-state index contributed by atoms with van der Waals surface area (Å²) in [7, 11) is 0. The number of hydrogen-bond donors (Lipinski definition) is 0. The van der Waals surface area contributed by atoms with Gasteiger partial charge in [0, 0.05) is 0 Å². The molecule has 2 atom stereocenters. The maximum atomic E-state index is 2.58. The Kier molecular flexibility index (Phi) is 7.35. The summed E-state index contributed by atoms with van der Waals surface area (Å²) in [5, 5.41) is 0. The van der Waals surface area contributed by atoms with Crippen LogP contribution in [0.15, 0.2) is 59.7 Å². The van der Waals surface area contributed by atoms with E-state index in [2.05, 4.69) is 74.5 Å². The van der Waals surface area contributed by atoms with E-state index in [4.69, 9.17) is 0 Å². The minimum atomic E-state index is -2.53. The Morgan fingerprint density at radius 3 is 1.48 bits per heavy atom. The minimum absolute atomic E-state index is 0. The molecule has 0 amide bonds. The van der Waals surface area contributed by atoms with Crippen LogP contribution in [0.1, 0.15) is 69.1 Å². The van der Waals surface area contributed by atoms with Gasteiger partial charge in [-0.15, -0.1) is 24.8 Å². The van der Waals surface area contributed by atoms with Gasteiger partial charge in [0.25, 0.3) is 0 Å². The third-order valence-electron chi connectivity index (χ3n) is 7.09. The Morgan fingerprint density at radius 1 is 0.690 bits per heavy atom. The van der Waals surface area contributed by atoms with E-state index in [1.54, 1.807) is 30.6 Å². The molecule has 0 aromatic heterocycles. The van der Waals surface area contributed by atoms with Crippen molar-refractivity contribution >= 4 is 37.0 Å². The van der Waals surface area contributed by atoms with Gasteiger partial charge >= 0.3 is 169 Å². The van der Waals surface area contributed by atoms with Gasteiger partial charge in [0.15, 0.2) is 0 Å². The molecule has 2 aliphatic carbocycles. The van der Waals surface area contributed by atoms with Crippen LogP contribution in [0.5, 0.6) is 0 Å². The van der Waals surface area contributed by atoms with Crippen LogP contribution in [0.4, 0.5) is 0 Å². The van der Waals surface area contributed by atoms with Crippen LogP contribution in [-0.4, -0.2) is 0 Å². The molecule has 3 heteroatoms. The van der Waals surface area contributed by atoms with Gasteiger partial charge in [-0.2, -0.15) is 0 Å². The van der Waals surface area contributed by atoms with Crippen LogP contribution in [0.2, 0.25) is 8.35 Å². The van der Waals surface area contributed by atoms with E-state index in [9.17, 15) is 0 Å². The van der Waals surface area contributed by atoms with Crippen molar-refractivity contribution in [1.82, 2.24) is 0 Å². The number of halogens is 2. The maximum absolute atomic E-state index is 2.58. The summed E-state index contributed by atoms with van der Waals surface area (Å²) in [6, 6.07) is 18.7. The van der Waals surface area contributed by atoms with Gasteiger partial charge in [0.2, 0.25) is 0 Å². The monoisotopic (exact) mass is 594 g/mol.